The van der Waals surface area contributed by atoms with Crippen LogP contribution in [0.15, 0.2) is 48.3 Å². The van der Waals surface area contributed by atoms with Crippen molar-refractivity contribution in [2.45, 2.75) is 25.3 Å². The molecule has 0 spiro atoms. The van der Waals surface area contributed by atoms with Crippen molar-refractivity contribution in [1.82, 2.24) is 30.1 Å². The molecule has 0 atom stereocenters. The average Bonchev–Trinajstić information content (AvgIpc) is 3.47. The fourth-order valence-electron chi connectivity index (χ4n) is 4.02. The molecule has 2 amide bonds. The van der Waals surface area contributed by atoms with E-state index in [9.17, 15) is 14.0 Å². The lowest BCUT2D eigenvalue weighted by molar-refractivity contribution is -0.115. The highest BCUT2D eigenvalue weighted by Crippen LogP contribution is 2.30. The predicted octanol–water partition coefficient (Wildman–Crippen LogP) is 2.82. The van der Waals surface area contributed by atoms with Crippen LogP contribution < -0.4 is 16.0 Å². The van der Waals surface area contributed by atoms with Gasteiger partial charge in [0.2, 0.25) is 0 Å². The SMILES string of the molecule is C=C1C/C(=C\c2cnn3c(NC4CC4)cc(-c4ccc(F)c(C(=O)NCCN(C)C)c4)nc23)C(=O)N1. The lowest BCUT2D eigenvalue weighted by Gasteiger charge is -2.13. The minimum atomic E-state index is -0.597. The lowest BCUT2D eigenvalue weighted by atomic mass is 10.1. The quantitative estimate of drug-likeness (QED) is 0.421. The van der Waals surface area contributed by atoms with Gasteiger partial charge in [-0.25, -0.2) is 9.37 Å². The second-order valence-electron chi connectivity index (χ2n) is 9.44. The van der Waals surface area contributed by atoms with Crippen molar-refractivity contribution in [2.24, 2.45) is 0 Å². The molecule has 1 aliphatic heterocycles. The number of carbonyl (C=O) groups excluding carboxylic acids is 2. The number of anilines is 1. The number of halogens is 1. The van der Waals surface area contributed by atoms with Gasteiger partial charge in [-0.2, -0.15) is 9.61 Å². The third-order valence-corrected chi connectivity index (χ3v) is 6.10. The summed E-state index contributed by atoms with van der Waals surface area (Å²) in [6, 6.07) is 6.60. The number of likely N-dealkylation sites (N-methyl/N-ethyl adjacent to an activating group) is 1. The number of benzene rings is 1. The van der Waals surface area contributed by atoms with Crippen LogP contribution in [0.4, 0.5) is 10.2 Å². The smallest absolute Gasteiger partial charge is 0.254 e. The monoisotopic (exact) mass is 489 g/mol. The van der Waals surface area contributed by atoms with E-state index in [1.807, 2.05) is 25.1 Å². The maximum Gasteiger partial charge on any atom is 0.254 e. The molecule has 0 radical (unpaired) electrons. The van der Waals surface area contributed by atoms with Crippen LogP contribution in [-0.4, -0.2) is 64.5 Å². The van der Waals surface area contributed by atoms with E-state index >= 15 is 0 Å². The van der Waals surface area contributed by atoms with Crippen molar-refractivity contribution < 1.29 is 14.0 Å². The number of hydrogen-bond acceptors (Lipinski definition) is 6. The fourth-order valence-corrected chi connectivity index (χ4v) is 4.02. The molecular weight excluding hydrogens is 461 g/mol. The van der Waals surface area contributed by atoms with E-state index < -0.39 is 11.7 Å². The number of fused-ring (bicyclic) bond motifs is 1. The second-order valence-corrected chi connectivity index (χ2v) is 9.44. The summed E-state index contributed by atoms with van der Waals surface area (Å²) in [5.41, 5.74) is 3.58. The van der Waals surface area contributed by atoms with Gasteiger partial charge in [-0.15, -0.1) is 0 Å². The van der Waals surface area contributed by atoms with Crippen molar-refractivity contribution >= 4 is 29.4 Å². The first-order valence-corrected chi connectivity index (χ1v) is 11.9. The molecule has 3 aromatic rings. The molecule has 1 saturated heterocycles. The average molecular weight is 490 g/mol. The summed E-state index contributed by atoms with van der Waals surface area (Å²) >= 11 is 0. The van der Waals surface area contributed by atoms with E-state index in [-0.39, 0.29) is 11.5 Å². The Balaban J connectivity index is 1.54. The fraction of sp³-hybridized carbons (Fsp3) is 0.308. The number of nitrogens with one attached hydrogen (secondary N) is 3. The number of amides is 2. The van der Waals surface area contributed by atoms with Crippen LogP contribution in [0.5, 0.6) is 0 Å². The Morgan fingerprint density at radius 1 is 1.33 bits per heavy atom. The van der Waals surface area contributed by atoms with Crippen molar-refractivity contribution in [3.05, 3.63) is 65.3 Å². The van der Waals surface area contributed by atoms with E-state index in [0.29, 0.717) is 59.3 Å². The summed E-state index contributed by atoms with van der Waals surface area (Å²) in [5.74, 6) is -0.518. The molecule has 0 unspecified atom stereocenters. The number of rotatable bonds is 8. The van der Waals surface area contributed by atoms with Crippen molar-refractivity contribution in [3.8, 4) is 11.3 Å². The molecule has 186 valence electrons. The summed E-state index contributed by atoms with van der Waals surface area (Å²) in [5, 5.41) is 13.4. The topological polar surface area (TPSA) is 104 Å². The first kappa shape index (κ1) is 23.7. The third-order valence-electron chi connectivity index (χ3n) is 6.10. The van der Waals surface area contributed by atoms with Crippen molar-refractivity contribution in [1.29, 1.82) is 0 Å². The van der Waals surface area contributed by atoms with Crippen LogP contribution >= 0.6 is 0 Å². The molecule has 2 aromatic heterocycles. The Bertz CT molecular complexity index is 1400. The molecule has 3 N–H and O–H groups in total. The molecule has 3 heterocycles. The van der Waals surface area contributed by atoms with Gasteiger partial charge in [0.1, 0.15) is 11.6 Å². The maximum absolute atomic E-state index is 14.6. The highest BCUT2D eigenvalue weighted by molar-refractivity contribution is 6.02. The Hall–Kier alpha value is -4.05. The van der Waals surface area contributed by atoms with Gasteiger partial charge in [0.15, 0.2) is 5.65 Å². The highest BCUT2D eigenvalue weighted by atomic mass is 19.1. The van der Waals surface area contributed by atoms with Crippen LogP contribution in [0.1, 0.15) is 35.2 Å². The number of nitrogens with zero attached hydrogens (tertiary/aromatic N) is 4. The first-order valence-electron chi connectivity index (χ1n) is 11.9. The zero-order valence-corrected chi connectivity index (χ0v) is 20.3. The predicted molar refractivity (Wildman–Crippen MR) is 136 cm³/mol. The van der Waals surface area contributed by atoms with Crippen LogP contribution in [0.25, 0.3) is 23.0 Å². The van der Waals surface area contributed by atoms with E-state index in [0.717, 1.165) is 18.7 Å². The Morgan fingerprint density at radius 2 is 2.14 bits per heavy atom. The number of allylic oxidation sites excluding steroid dienone is 1. The third kappa shape index (κ3) is 4.99. The first-order chi connectivity index (χ1) is 17.3. The van der Waals surface area contributed by atoms with E-state index in [4.69, 9.17) is 4.98 Å². The molecule has 2 fully saturated rings. The summed E-state index contributed by atoms with van der Waals surface area (Å²) in [4.78, 5) is 31.6. The second kappa shape index (κ2) is 9.54. The van der Waals surface area contributed by atoms with Gasteiger partial charge in [0.25, 0.3) is 11.8 Å². The molecule has 9 nitrogen and oxygen atoms in total. The van der Waals surface area contributed by atoms with Gasteiger partial charge in [-0.05, 0) is 51.2 Å². The minimum Gasteiger partial charge on any atom is -0.367 e. The summed E-state index contributed by atoms with van der Waals surface area (Å²) in [6.07, 6.45) is 6.00. The molecule has 1 aliphatic carbocycles. The number of aromatic nitrogens is 3. The summed E-state index contributed by atoms with van der Waals surface area (Å²) in [6.45, 7) is 4.88. The summed E-state index contributed by atoms with van der Waals surface area (Å²) < 4.78 is 16.3. The maximum atomic E-state index is 14.6. The number of carbonyl (C=O) groups is 2. The van der Waals surface area contributed by atoms with Gasteiger partial charge in [0.05, 0.1) is 17.5 Å². The Kier molecular flexibility index (Phi) is 6.27. The molecule has 1 aromatic carbocycles. The van der Waals surface area contributed by atoms with Crippen molar-refractivity contribution in [3.63, 3.8) is 0 Å². The molecule has 1 saturated carbocycles. The Morgan fingerprint density at radius 3 is 2.83 bits per heavy atom. The lowest BCUT2D eigenvalue weighted by Crippen LogP contribution is -2.31. The largest absolute Gasteiger partial charge is 0.367 e. The van der Waals surface area contributed by atoms with E-state index in [1.54, 1.807) is 22.9 Å². The molecule has 2 aliphatic rings. The van der Waals surface area contributed by atoms with Crippen LogP contribution in [0, 0.1) is 5.82 Å². The highest BCUT2D eigenvalue weighted by Gasteiger charge is 2.24. The van der Waals surface area contributed by atoms with E-state index in [2.05, 4.69) is 27.6 Å². The molecular formula is C26H28FN7O2. The minimum absolute atomic E-state index is 0.0402. The zero-order chi connectivity index (χ0) is 25.4. The zero-order valence-electron chi connectivity index (χ0n) is 20.3. The van der Waals surface area contributed by atoms with Crippen LogP contribution in [-0.2, 0) is 4.79 Å². The normalized spacial score (nSPS) is 16.7. The van der Waals surface area contributed by atoms with Gasteiger partial charge in [-0.1, -0.05) is 6.58 Å². The Labute approximate surface area is 208 Å². The van der Waals surface area contributed by atoms with E-state index in [1.165, 1.54) is 12.1 Å². The van der Waals surface area contributed by atoms with Gasteiger partial charge < -0.3 is 20.9 Å². The van der Waals surface area contributed by atoms with Gasteiger partial charge in [0, 0.05) is 54.0 Å². The molecule has 5 rings (SSSR count). The molecule has 36 heavy (non-hydrogen) atoms. The van der Waals surface area contributed by atoms with Gasteiger partial charge >= 0.3 is 0 Å². The molecule has 10 heteroatoms. The standard InChI is InChI=1S/C26H28FN7O2/c1-15-10-17(25(35)30-15)11-18-14-29-34-23(31-19-5-6-19)13-22(32-24(18)34)16-4-7-21(27)20(12-16)26(36)28-8-9-33(2)3/h4,7,11-14,19,31H,1,5-6,8-10H2,2-3H3,(H,28,36)(H,30,35)/b17-11+. The van der Waals surface area contributed by atoms with Crippen LogP contribution in [0.2, 0.25) is 0 Å². The van der Waals surface area contributed by atoms with Crippen LogP contribution in [0.3, 0.4) is 0 Å². The number of hydrogen-bond donors (Lipinski definition) is 3. The van der Waals surface area contributed by atoms with Crippen molar-refractivity contribution in [2.75, 3.05) is 32.5 Å². The molecule has 0 bridgehead atoms. The van der Waals surface area contributed by atoms with Gasteiger partial charge in [-0.3, -0.25) is 9.59 Å². The summed E-state index contributed by atoms with van der Waals surface area (Å²) in [7, 11) is 3.80.